The number of nitrogens with two attached hydrogens (primary N) is 1. The third-order valence-corrected chi connectivity index (χ3v) is 5.80. The van der Waals surface area contributed by atoms with Crippen LogP contribution in [-0.4, -0.2) is 37.0 Å². The first kappa shape index (κ1) is 15.2. The van der Waals surface area contributed by atoms with Gasteiger partial charge in [-0.3, -0.25) is 5.84 Å². The third-order valence-electron chi connectivity index (χ3n) is 3.86. The number of nitrogens with one attached hydrogen (secondary N) is 1. The Kier molecular flexibility index (Phi) is 4.64. The van der Waals surface area contributed by atoms with Gasteiger partial charge < -0.3 is 10.5 Å². The Morgan fingerprint density at radius 3 is 2.60 bits per heavy atom. The minimum absolute atomic E-state index is 0.128. The second kappa shape index (κ2) is 6.09. The van der Waals surface area contributed by atoms with Gasteiger partial charge in [0.05, 0.1) is 17.8 Å². The first-order chi connectivity index (χ1) is 9.48. The third kappa shape index (κ3) is 2.80. The summed E-state index contributed by atoms with van der Waals surface area (Å²) in [5.74, 6) is 5.37. The number of aliphatic hydroxyl groups is 1. The smallest absolute Gasteiger partial charge is 0.245 e. The van der Waals surface area contributed by atoms with Crippen LogP contribution in [0.2, 0.25) is 0 Å². The van der Waals surface area contributed by atoms with E-state index in [9.17, 15) is 13.5 Å². The predicted molar refractivity (Wildman–Crippen MR) is 77.5 cm³/mol. The second-order valence-corrected chi connectivity index (χ2v) is 7.05. The fourth-order valence-electron chi connectivity index (χ4n) is 2.66. The van der Waals surface area contributed by atoms with Crippen molar-refractivity contribution in [1.29, 1.82) is 0 Å². The SMILES string of the molecule is CN(C1CCCCC1O)S(=O)(=O)c1ccccc1NN. The molecule has 4 N–H and O–H groups in total. The zero-order valence-electron chi connectivity index (χ0n) is 11.5. The second-order valence-electron chi connectivity index (χ2n) is 5.08. The lowest BCUT2D eigenvalue weighted by atomic mass is 9.93. The van der Waals surface area contributed by atoms with Crippen LogP contribution >= 0.6 is 0 Å². The van der Waals surface area contributed by atoms with Gasteiger partial charge in [-0.15, -0.1) is 0 Å². The van der Waals surface area contributed by atoms with Crippen molar-refractivity contribution in [2.75, 3.05) is 12.5 Å². The first-order valence-corrected chi connectivity index (χ1v) is 8.14. The average Bonchev–Trinajstić information content (AvgIpc) is 2.47. The van der Waals surface area contributed by atoms with Gasteiger partial charge in [-0.05, 0) is 25.0 Å². The van der Waals surface area contributed by atoms with Crippen molar-refractivity contribution in [3.63, 3.8) is 0 Å². The molecule has 1 fully saturated rings. The van der Waals surface area contributed by atoms with Gasteiger partial charge in [0, 0.05) is 7.05 Å². The molecule has 1 aliphatic rings. The van der Waals surface area contributed by atoms with Crippen molar-refractivity contribution in [2.24, 2.45) is 5.84 Å². The van der Waals surface area contributed by atoms with Crippen LogP contribution in [0.1, 0.15) is 25.7 Å². The van der Waals surface area contributed by atoms with Gasteiger partial charge in [-0.25, -0.2) is 8.42 Å². The summed E-state index contributed by atoms with van der Waals surface area (Å²) in [7, 11) is -2.17. The number of para-hydroxylation sites is 1. The van der Waals surface area contributed by atoms with E-state index in [1.807, 2.05) is 0 Å². The maximum atomic E-state index is 12.7. The molecule has 0 amide bonds. The molecular weight excluding hydrogens is 278 g/mol. The number of anilines is 1. The highest BCUT2D eigenvalue weighted by molar-refractivity contribution is 7.89. The molecule has 0 radical (unpaired) electrons. The number of hydrogen-bond acceptors (Lipinski definition) is 5. The van der Waals surface area contributed by atoms with Crippen molar-refractivity contribution < 1.29 is 13.5 Å². The monoisotopic (exact) mass is 299 g/mol. The summed E-state index contributed by atoms with van der Waals surface area (Å²) < 4.78 is 26.6. The van der Waals surface area contributed by atoms with E-state index in [0.29, 0.717) is 18.5 Å². The Labute approximate surface area is 119 Å². The van der Waals surface area contributed by atoms with E-state index in [1.165, 1.54) is 17.4 Å². The van der Waals surface area contributed by atoms with E-state index in [2.05, 4.69) is 5.43 Å². The van der Waals surface area contributed by atoms with Crippen LogP contribution in [0, 0.1) is 0 Å². The van der Waals surface area contributed by atoms with Crippen LogP contribution in [0.25, 0.3) is 0 Å². The molecule has 1 aliphatic carbocycles. The molecule has 0 aliphatic heterocycles. The Morgan fingerprint density at radius 2 is 1.95 bits per heavy atom. The zero-order chi connectivity index (χ0) is 14.8. The minimum atomic E-state index is -3.68. The van der Waals surface area contributed by atoms with Gasteiger partial charge in [0.2, 0.25) is 10.0 Å². The van der Waals surface area contributed by atoms with Crippen LogP contribution in [0.15, 0.2) is 29.2 Å². The number of hydrazine groups is 1. The fourth-order valence-corrected chi connectivity index (χ4v) is 4.23. The molecule has 0 bridgehead atoms. The normalized spacial score (nSPS) is 23.8. The summed E-state index contributed by atoms with van der Waals surface area (Å²) in [4.78, 5) is 0.128. The molecule has 0 heterocycles. The zero-order valence-corrected chi connectivity index (χ0v) is 12.3. The van der Waals surface area contributed by atoms with Crippen LogP contribution in [0.4, 0.5) is 5.69 Å². The Balaban J connectivity index is 2.34. The van der Waals surface area contributed by atoms with E-state index < -0.39 is 16.1 Å². The fraction of sp³-hybridized carbons (Fsp3) is 0.538. The lowest BCUT2D eigenvalue weighted by Crippen LogP contribution is -2.46. The molecule has 1 aromatic carbocycles. The molecule has 0 spiro atoms. The molecule has 2 rings (SSSR count). The highest BCUT2D eigenvalue weighted by Crippen LogP contribution is 2.29. The maximum absolute atomic E-state index is 12.7. The number of aliphatic hydroxyl groups excluding tert-OH is 1. The highest BCUT2D eigenvalue weighted by Gasteiger charge is 2.35. The Hall–Kier alpha value is -1.15. The summed E-state index contributed by atoms with van der Waals surface area (Å²) in [5, 5.41) is 10.0. The number of likely N-dealkylation sites (N-methyl/N-ethyl adjacent to an activating group) is 1. The van der Waals surface area contributed by atoms with E-state index >= 15 is 0 Å². The number of sulfonamides is 1. The molecule has 1 aromatic rings. The predicted octanol–water partition coefficient (Wildman–Crippen LogP) is 0.896. The molecule has 2 unspecified atom stereocenters. The molecule has 2 atom stereocenters. The van der Waals surface area contributed by atoms with Gasteiger partial charge in [0.15, 0.2) is 0 Å². The number of nitrogens with zero attached hydrogens (tertiary/aromatic N) is 1. The molecule has 1 saturated carbocycles. The highest BCUT2D eigenvalue weighted by atomic mass is 32.2. The summed E-state index contributed by atoms with van der Waals surface area (Å²) >= 11 is 0. The molecule has 7 heteroatoms. The van der Waals surface area contributed by atoms with E-state index in [0.717, 1.165) is 12.8 Å². The van der Waals surface area contributed by atoms with Gasteiger partial charge in [0.1, 0.15) is 4.90 Å². The lowest BCUT2D eigenvalue weighted by Gasteiger charge is -2.34. The molecule has 112 valence electrons. The van der Waals surface area contributed by atoms with Crippen molar-refractivity contribution in [3.8, 4) is 0 Å². The topological polar surface area (TPSA) is 95.7 Å². The maximum Gasteiger partial charge on any atom is 0.245 e. The van der Waals surface area contributed by atoms with Gasteiger partial charge in [0.25, 0.3) is 0 Å². The van der Waals surface area contributed by atoms with E-state index in [1.54, 1.807) is 18.2 Å². The average molecular weight is 299 g/mol. The van der Waals surface area contributed by atoms with Crippen molar-refractivity contribution >= 4 is 15.7 Å². The van der Waals surface area contributed by atoms with Crippen LogP contribution < -0.4 is 11.3 Å². The Bertz CT molecular complexity index is 562. The number of nitrogen functional groups attached to an aromatic ring is 1. The van der Waals surface area contributed by atoms with Crippen molar-refractivity contribution in [1.82, 2.24) is 4.31 Å². The summed E-state index contributed by atoms with van der Waals surface area (Å²) in [6.45, 7) is 0. The van der Waals surface area contributed by atoms with E-state index in [4.69, 9.17) is 5.84 Å². The van der Waals surface area contributed by atoms with Crippen LogP contribution in [0.5, 0.6) is 0 Å². The van der Waals surface area contributed by atoms with Crippen LogP contribution in [0.3, 0.4) is 0 Å². The molecule has 6 nitrogen and oxygen atoms in total. The summed E-state index contributed by atoms with van der Waals surface area (Å²) in [6, 6.07) is 6.11. The van der Waals surface area contributed by atoms with Gasteiger partial charge in [-0.2, -0.15) is 4.31 Å². The molecule has 0 aromatic heterocycles. The lowest BCUT2D eigenvalue weighted by molar-refractivity contribution is 0.0638. The first-order valence-electron chi connectivity index (χ1n) is 6.70. The summed E-state index contributed by atoms with van der Waals surface area (Å²) in [5.41, 5.74) is 2.75. The number of rotatable bonds is 4. The van der Waals surface area contributed by atoms with Crippen molar-refractivity contribution in [2.45, 2.75) is 42.7 Å². The number of benzene rings is 1. The number of hydrogen-bond donors (Lipinski definition) is 3. The minimum Gasteiger partial charge on any atom is -0.391 e. The summed E-state index contributed by atoms with van der Waals surface area (Å²) in [6.07, 6.45) is 2.57. The quantitative estimate of drug-likeness (QED) is 0.567. The van der Waals surface area contributed by atoms with Gasteiger partial charge >= 0.3 is 0 Å². The standard InChI is InChI=1S/C13H21N3O3S/c1-16(11-7-3-4-8-12(11)17)20(18,19)13-9-5-2-6-10(13)15-14/h2,5-6,9,11-12,15,17H,3-4,7-8,14H2,1H3. The molecule has 0 saturated heterocycles. The molecular formula is C13H21N3O3S. The van der Waals surface area contributed by atoms with Crippen molar-refractivity contribution in [3.05, 3.63) is 24.3 Å². The molecule has 20 heavy (non-hydrogen) atoms. The van der Waals surface area contributed by atoms with Gasteiger partial charge in [-0.1, -0.05) is 25.0 Å². The van der Waals surface area contributed by atoms with E-state index in [-0.39, 0.29) is 10.9 Å². The Morgan fingerprint density at radius 1 is 1.30 bits per heavy atom. The van der Waals surface area contributed by atoms with Crippen LogP contribution in [-0.2, 0) is 10.0 Å². The largest absolute Gasteiger partial charge is 0.391 e.